The molecule has 2 rings (SSSR count). The number of hydrogen-bond donors (Lipinski definition) is 3. The van der Waals surface area contributed by atoms with E-state index in [4.69, 9.17) is 9.52 Å². The molecule has 9 heteroatoms. The first-order valence-electron chi connectivity index (χ1n) is 7.00. The Morgan fingerprint density at radius 1 is 1.08 bits per heavy atom. The lowest BCUT2D eigenvalue weighted by molar-refractivity contribution is -0.138. The molecular weight excluding hydrogens is 336 g/mol. The van der Waals surface area contributed by atoms with Gasteiger partial charge in [0.25, 0.3) is 0 Å². The average Bonchev–Trinajstić information content (AvgIpc) is 3.05. The Bertz CT molecular complexity index is 797. The van der Waals surface area contributed by atoms with E-state index in [0.29, 0.717) is 11.4 Å². The van der Waals surface area contributed by atoms with E-state index in [-0.39, 0.29) is 24.3 Å². The number of amides is 1. The summed E-state index contributed by atoms with van der Waals surface area (Å²) in [6.45, 7) is 0.0308. The van der Waals surface area contributed by atoms with Crippen molar-refractivity contribution >= 4 is 27.6 Å². The fourth-order valence-corrected chi connectivity index (χ4v) is 2.82. The molecule has 0 aliphatic carbocycles. The predicted molar refractivity (Wildman–Crippen MR) is 84.7 cm³/mol. The largest absolute Gasteiger partial charge is 0.481 e. The topological polar surface area (TPSA) is 126 Å². The number of benzene rings is 1. The summed E-state index contributed by atoms with van der Waals surface area (Å²) in [5, 5.41) is 11.0. The number of furan rings is 1. The Kier molecular flexibility index (Phi) is 5.72. The molecule has 0 unspecified atom stereocenters. The van der Waals surface area contributed by atoms with E-state index in [9.17, 15) is 18.0 Å². The van der Waals surface area contributed by atoms with Crippen molar-refractivity contribution in [3.8, 4) is 0 Å². The van der Waals surface area contributed by atoms with Crippen LogP contribution in [-0.2, 0) is 26.2 Å². The number of carboxylic acid groups (broad SMARTS) is 1. The van der Waals surface area contributed by atoms with Crippen molar-refractivity contribution in [2.24, 2.45) is 0 Å². The number of hydrogen-bond acceptors (Lipinski definition) is 5. The third kappa shape index (κ3) is 5.21. The van der Waals surface area contributed by atoms with Crippen molar-refractivity contribution in [3.63, 3.8) is 0 Å². The zero-order valence-corrected chi connectivity index (χ0v) is 13.4. The van der Waals surface area contributed by atoms with Crippen molar-refractivity contribution in [2.75, 3.05) is 5.32 Å². The number of carbonyl (C=O) groups is 2. The summed E-state index contributed by atoms with van der Waals surface area (Å²) in [4.78, 5) is 22.0. The first-order valence-corrected chi connectivity index (χ1v) is 8.49. The second-order valence-electron chi connectivity index (χ2n) is 4.87. The standard InChI is InChI=1S/C15H16N2O6S/c18-14(7-8-15(19)20)17-11-3-5-13(6-4-11)24(21,22)16-10-12-2-1-9-23-12/h1-6,9,16H,7-8,10H2,(H,17,18)(H,19,20). The van der Waals surface area contributed by atoms with Crippen LogP contribution in [0, 0.1) is 0 Å². The summed E-state index contributed by atoms with van der Waals surface area (Å²) in [5.41, 5.74) is 0.385. The van der Waals surface area contributed by atoms with Gasteiger partial charge in [0, 0.05) is 12.1 Å². The van der Waals surface area contributed by atoms with Gasteiger partial charge >= 0.3 is 5.97 Å². The second-order valence-corrected chi connectivity index (χ2v) is 6.64. The van der Waals surface area contributed by atoms with E-state index >= 15 is 0 Å². The number of sulfonamides is 1. The van der Waals surface area contributed by atoms with Crippen LogP contribution in [0.25, 0.3) is 0 Å². The van der Waals surface area contributed by atoms with E-state index in [1.165, 1.54) is 30.5 Å². The molecular formula is C15H16N2O6S. The highest BCUT2D eigenvalue weighted by atomic mass is 32.2. The van der Waals surface area contributed by atoms with Gasteiger partial charge in [0.05, 0.1) is 24.1 Å². The fourth-order valence-electron chi connectivity index (χ4n) is 1.82. The molecule has 1 heterocycles. The SMILES string of the molecule is O=C(O)CCC(=O)Nc1ccc(S(=O)(=O)NCc2ccco2)cc1. The molecule has 0 saturated heterocycles. The number of rotatable bonds is 8. The van der Waals surface area contributed by atoms with Gasteiger partial charge in [-0.2, -0.15) is 0 Å². The van der Waals surface area contributed by atoms with Gasteiger partial charge < -0.3 is 14.8 Å². The van der Waals surface area contributed by atoms with Crippen LogP contribution < -0.4 is 10.0 Å². The number of carbonyl (C=O) groups excluding carboxylic acids is 1. The quantitative estimate of drug-likeness (QED) is 0.662. The molecule has 0 aliphatic heterocycles. The Balaban J connectivity index is 1.95. The molecule has 0 atom stereocenters. The fraction of sp³-hybridized carbons (Fsp3) is 0.200. The smallest absolute Gasteiger partial charge is 0.303 e. The molecule has 0 saturated carbocycles. The van der Waals surface area contributed by atoms with Gasteiger partial charge in [-0.05, 0) is 36.4 Å². The van der Waals surface area contributed by atoms with Crippen LogP contribution in [0.2, 0.25) is 0 Å². The summed E-state index contributed by atoms with van der Waals surface area (Å²) in [6.07, 6.45) is 1.03. The molecule has 0 radical (unpaired) electrons. The monoisotopic (exact) mass is 352 g/mol. The van der Waals surface area contributed by atoms with E-state index in [1.807, 2.05) is 0 Å². The third-order valence-corrected chi connectivity index (χ3v) is 4.45. The molecule has 1 aromatic heterocycles. The van der Waals surface area contributed by atoms with Crippen LogP contribution in [0.3, 0.4) is 0 Å². The Hall–Kier alpha value is -2.65. The molecule has 0 fully saturated rings. The molecule has 24 heavy (non-hydrogen) atoms. The van der Waals surface area contributed by atoms with Crippen molar-refractivity contribution in [1.82, 2.24) is 4.72 Å². The number of carboxylic acids is 1. The van der Waals surface area contributed by atoms with E-state index in [1.54, 1.807) is 12.1 Å². The Labute approximate surface area is 138 Å². The highest BCUT2D eigenvalue weighted by Gasteiger charge is 2.14. The highest BCUT2D eigenvalue weighted by molar-refractivity contribution is 7.89. The zero-order chi connectivity index (χ0) is 17.6. The normalized spacial score (nSPS) is 11.2. The first kappa shape index (κ1) is 17.7. The van der Waals surface area contributed by atoms with Gasteiger partial charge in [-0.1, -0.05) is 0 Å². The van der Waals surface area contributed by atoms with E-state index in [2.05, 4.69) is 10.0 Å². The lowest BCUT2D eigenvalue weighted by atomic mass is 10.2. The Morgan fingerprint density at radius 2 is 1.79 bits per heavy atom. The van der Waals surface area contributed by atoms with Gasteiger partial charge in [-0.15, -0.1) is 0 Å². The molecule has 0 spiro atoms. The maximum atomic E-state index is 12.1. The van der Waals surface area contributed by atoms with Gasteiger partial charge in [-0.25, -0.2) is 13.1 Å². The molecule has 0 bridgehead atoms. The molecule has 3 N–H and O–H groups in total. The third-order valence-electron chi connectivity index (χ3n) is 3.03. The van der Waals surface area contributed by atoms with Crippen molar-refractivity contribution in [3.05, 3.63) is 48.4 Å². The molecule has 0 aliphatic rings. The van der Waals surface area contributed by atoms with Gasteiger partial charge in [0.2, 0.25) is 15.9 Å². The van der Waals surface area contributed by atoms with Crippen LogP contribution in [0.1, 0.15) is 18.6 Å². The summed E-state index contributed by atoms with van der Waals surface area (Å²) in [5.74, 6) is -1.03. The summed E-state index contributed by atoms with van der Waals surface area (Å²) < 4.78 is 31.7. The lowest BCUT2D eigenvalue weighted by Gasteiger charge is -2.08. The van der Waals surface area contributed by atoms with E-state index in [0.717, 1.165) is 0 Å². The minimum atomic E-state index is -3.70. The lowest BCUT2D eigenvalue weighted by Crippen LogP contribution is -2.23. The molecule has 8 nitrogen and oxygen atoms in total. The van der Waals surface area contributed by atoms with Crippen molar-refractivity contribution in [1.29, 1.82) is 0 Å². The first-order chi connectivity index (χ1) is 11.4. The summed E-state index contributed by atoms with van der Waals surface area (Å²) >= 11 is 0. The maximum Gasteiger partial charge on any atom is 0.303 e. The molecule has 128 valence electrons. The van der Waals surface area contributed by atoms with Crippen LogP contribution in [0.4, 0.5) is 5.69 Å². The van der Waals surface area contributed by atoms with Gasteiger partial charge in [-0.3, -0.25) is 9.59 Å². The number of aliphatic carboxylic acids is 1. The summed E-state index contributed by atoms with van der Waals surface area (Å²) in [7, 11) is -3.70. The summed E-state index contributed by atoms with van der Waals surface area (Å²) in [6, 6.07) is 8.86. The van der Waals surface area contributed by atoms with Crippen LogP contribution in [0.15, 0.2) is 52.0 Å². The molecule has 2 aromatic rings. The molecule has 1 amide bonds. The predicted octanol–water partition coefficient (Wildman–Crippen LogP) is 1.56. The number of nitrogens with one attached hydrogen (secondary N) is 2. The van der Waals surface area contributed by atoms with Crippen molar-refractivity contribution < 1.29 is 27.5 Å². The minimum Gasteiger partial charge on any atom is -0.481 e. The minimum absolute atomic E-state index is 0.0308. The van der Waals surface area contributed by atoms with E-state index < -0.39 is 21.9 Å². The number of anilines is 1. The van der Waals surface area contributed by atoms with Crippen LogP contribution >= 0.6 is 0 Å². The van der Waals surface area contributed by atoms with Gasteiger partial charge in [0.15, 0.2) is 0 Å². The average molecular weight is 352 g/mol. The Morgan fingerprint density at radius 3 is 2.38 bits per heavy atom. The van der Waals surface area contributed by atoms with Crippen molar-refractivity contribution in [2.45, 2.75) is 24.3 Å². The van der Waals surface area contributed by atoms with Gasteiger partial charge in [0.1, 0.15) is 5.76 Å². The van der Waals surface area contributed by atoms with Crippen LogP contribution in [0.5, 0.6) is 0 Å². The maximum absolute atomic E-state index is 12.1. The van der Waals surface area contributed by atoms with Crippen LogP contribution in [-0.4, -0.2) is 25.4 Å². The second kappa shape index (κ2) is 7.75. The molecule has 1 aromatic carbocycles. The highest BCUT2D eigenvalue weighted by Crippen LogP contribution is 2.15. The zero-order valence-electron chi connectivity index (χ0n) is 12.6.